The van der Waals surface area contributed by atoms with Crippen molar-refractivity contribution in [2.45, 2.75) is 47.6 Å². The van der Waals surface area contributed by atoms with E-state index < -0.39 is 24.9 Å². The van der Waals surface area contributed by atoms with Gasteiger partial charge in [-0.3, -0.25) is 0 Å². The van der Waals surface area contributed by atoms with Gasteiger partial charge in [0.25, 0.3) is 0 Å². The van der Waals surface area contributed by atoms with Gasteiger partial charge in [-0.25, -0.2) is 4.98 Å². The number of oxazole rings is 1. The Hall–Kier alpha value is -1.87. The summed E-state index contributed by atoms with van der Waals surface area (Å²) in [6.45, 7) is 3.31. The highest BCUT2D eigenvalue weighted by Gasteiger charge is 2.27. The first-order valence-electron chi connectivity index (χ1n) is 9.86. The predicted molar refractivity (Wildman–Crippen MR) is 125 cm³/mol. The van der Waals surface area contributed by atoms with Crippen LogP contribution >= 0.6 is 24.2 Å². The number of halogens is 1. The number of aromatic nitrogens is 1. The Labute approximate surface area is 192 Å². The van der Waals surface area contributed by atoms with Crippen molar-refractivity contribution < 1.29 is 19.7 Å². The van der Waals surface area contributed by atoms with Gasteiger partial charge in [0, 0.05) is 21.3 Å². The molecule has 31 heavy (non-hydrogen) atoms. The Morgan fingerprint density at radius 3 is 2.03 bits per heavy atom. The molecular weight excluding hydrogens is 436 g/mol. The fourth-order valence-electron chi connectivity index (χ4n) is 2.96. The number of rotatable bonds is 9. The Morgan fingerprint density at radius 1 is 1.00 bits per heavy atom. The topological polar surface area (TPSA) is 113 Å². The van der Waals surface area contributed by atoms with Gasteiger partial charge in [0.05, 0.1) is 24.9 Å². The summed E-state index contributed by atoms with van der Waals surface area (Å²) >= 11 is 1.61. The molecule has 168 valence electrons. The highest BCUT2D eigenvalue weighted by atomic mass is 35.5. The second-order valence-electron chi connectivity index (χ2n) is 7.82. The third kappa shape index (κ3) is 6.55. The molecule has 6 nitrogen and oxygen atoms in total. The number of hydrogen-bond donors (Lipinski definition) is 4. The van der Waals surface area contributed by atoms with Crippen LogP contribution in [-0.2, 0) is 0 Å². The van der Waals surface area contributed by atoms with Crippen LogP contribution in [0.2, 0.25) is 0 Å². The van der Waals surface area contributed by atoms with Crippen molar-refractivity contribution in [3.8, 4) is 11.3 Å². The van der Waals surface area contributed by atoms with Crippen molar-refractivity contribution in [3.05, 3.63) is 66.2 Å². The fraction of sp³-hybridized carbons (Fsp3) is 0.348. The maximum atomic E-state index is 10.4. The standard InChI is InChI=1S/C23H28N2O4S.ClH/c1-15(2)22-25-20(12-29-22)16-3-7-18(8-4-16)30-19-9-5-17(6-10-19)21(28)11-23(24,13-26)14-27;/h3-10,12,15,21,26-28H,11,13-14,24H2,1-2H3;1H. The van der Waals surface area contributed by atoms with Gasteiger partial charge in [0.15, 0.2) is 5.89 Å². The highest BCUT2D eigenvalue weighted by molar-refractivity contribution is 7.99. The molecule has 8 heteroatoms. The van der Waals surface area contributed by atoms with E-state index in [1.165, 1.54) is 0 Å². The lowest BCUT2D eigenvalue weighted by Gasteiger charge is -2.27. The number of aliphatic hydroxyl groups is 3. The number of nitrogens with two attached hydrogens (primary N) is 1. The van der Waals surface area contributed by atoms with Gasteiger partial charge in [-0.2, -0.15) is 0 Å². The molecule has 0 bridgehead atoms. The van der Waals surface area contributed by atoms with Gasteiger partial charge < -0.3 is 25.5 Å². The quantitative estimate of drug-likeness (QED) is 0.376. The van der Waals surface area contributed by atoms with E-state index in [4.69, 9.17) is 10.2 Å². The normalized spacial score (nSPS) is 12.6. The minimum Gasteiger partial charge on any atom is -0.448 e. The molecule has 0 radical (unpaired) electrons. The summed E-state index contributed by atoms with van der Waals surface area (Å²) in [7, 11) is 0. The first kappa shape index (κ1) is 25.4. The molecule has 0 aliphatic rings. The fourth-order valence-corrected chi connectivity index (χ4v) is 3.77. The Morgan fingerprint density at radius 2 is 1.55 bits per heavy atom. The number of hydrogen-bond acceptors (Lipinski definition) is 7. The third-order valence-electron chi connectivity index (χ3n) is 4.90. The molecule has 0 fully saturated rings. The number of nitrogens with zero attached hydrogens (tertiary/aromatic N) is 1. The zero-order valence-corrected chi connectivity index (χ0v) is 19.2. The van der Waals surface area contributed by atoms with Crippen molar-refractivity contribution in [2.75, 3.05) is 13.2 Å². The first-order chi connectivity index (χ1) is 14.3. The van der Waals surface area contributed by atoms with Crippen molar-refractivity contribution in [1.82, 2.24) is 4.98 Å². The molecule has 0 spiro atoms. The first-order valence-corrected chi connectivity index (χ1v) is 10.7. The molecule has 3 aromatic rings. The van der Waals surface area contributed by atoms with Crippen LogP contribution in [0.15, 0.2) is 69.0 Å². The van der Waals surface area contributed by atoms with Gasteiger partial charge >= 0.3 is 0 Å². The van der Waals surface area contributed by atoms with E-state index in [0.717, 1.165) is 26.9 Å². The molecule has 0 saturated carbocycles. The molecule has 1 heterocycles. The van der Waals surface area contributed by atoms with E-state index >= 15 is 0 Å². The SMILES string of the molecule is CC(C)c1nc(-c2ccc(Sc3ccc(C(O)CC(N)(CO)CO)cc3)cc2)co1.Cl. The largest absolute Gasteiger partial charge is 0.448 e. The zero-order chi connectivity index (χ0) is 21.7. The third-order valence-corrected chi connectivity index (χ3v) is 5.91. The second-order valence-corrected chi connectivity index (χ2v) is 8.97. The van der Waals surface area contributed by atoms with E-state index in [2.05, 4.69) is 4.98 Å². The van der Waals surface area contributed by atoms with Gasteiger partial charge in [0.1, 0.15) is 12.0 Å². The highest BCUT2D eigenvalue weighted by Crippen LogP contribution is 2.31. The van der Waals surface area contributed by atoms with Crippen LogP contribution in [-0.4, -0.2) is 39.1 Å². The van der Waals surface area contributed by atoms with Crippen molar-refractivity contribution in [3.63, 3.8) is 0 Å². The van der Waals surface area contributed by atoms with Gasteiger partial charge in [0.2, 0.25) is 0 Å². The summed E-state index contributed by atoms with van der Waals surface area (Å²) in [5.41, 5.74) is 7.19. The van der Waals surface area contributed by atoms with E-state index in [0.29, 0.717) is 5.56 Å². The second kappa shape index (κ2) is 11.1. The molecule has 0 aliphatic carbocycles. The summed E-state index contributed by atoms with van der Waals surface area (Å²) in [6, 6.07) is 15.6. The van der Waals surface area contributed by atoms with Crippen LogP contribution in [0.5, 0.6) is 0 Å². The van der Waals surface area contributed by atoms with E-state index in [9.17, 15) is 15.3 Å². The lowest BCUT2D eigenvalue weighted by Crippen LogP contribution is -2.48. The Bertz CT molecular complexity index is 941. The maximum absolute atomic E-state index is 10.4. The van der Waals surface area contributed by atoms with Crippen LogP contribution in [0, 0.1) is 0 Å². The molecule has 0 saturated heterocycles. The average molecular weight is 465 g/mol. The molecule has 0 aliphatic heterocycles. The molecule has 1 unspecified atom stereocenters. The van der Waals surface area contributed by atoms with Crippen LogP contribution in [0.4, 0.5) is 0 Å². The van der Waals surface area contributed by atoms with Gasteiger partial charge in [-0.05, 0) is 36.2 Å². The van der Waals surface area contributed by atoms with Crippen LogP contribution in [0.1, 0.15) is 43.7 Å². The molecule has 2 aromatic carbocycles. The van der Waals surface area contributed by atoms with Gasteiger partial charge in [-0.15, -0.1) is 12.4 Å². The lowest BCUT2D eigenvalue weighted by molar-refractivity contribution is 0.0618. The number of benzene rings is 2. The molecule has 3 rings (SSSR count). The Balaban J connectivity index is 0.00000341. The lowest BCUT2D eigenvalue weighted by atomic mass is 9.92. The molecule has 1 aromatic heterocycles. The van der Waals surface area contributed by atoms with E-state index in [1.807, 2.05) is 62.4 Å². The summed E-state index contributed by atoms with van der Waals surface area (Å²) in [4.78, 5) is 6.64. The zero-order valence-electron chi connectivity index (χ0n) is 17.6. The molecule has 1 atom stereocenters. The molecular formula is C23H29ClN2O4S. The molecule has 0 amide bonds. The summed E-state index contributed by atoms with van der Waals surface area (Å²) in [5, 5.41) is 28.9. The maximum Gasteiger partial charge on any atom is 0.197 e. The monoisotopic (exact) mass is 464 g/mol. The van der Waals surface area contributed by atoms with E-state index in [1.54, 1.807) is 18.0 Å². The smallest absolute Gasteiger partial charge is 0.197 e. The van der Waals surface area contributed by atoms with Crippen LogP contribution < -0.4 is 5.73 Å². The van der Waals surface area contributed by atoms with Crippen LogP contribution in [0.3, 0.4) is 0 Å². The van der Waals surface area contributed by atoms with E-state index in [-0.39, 0.29) is 24.7 Å². The minimum absolute atomic E-state index is 0. The van der Waals surface area contributed by atoms with Gasteiger partial charge in [-0.1, -0.05) is 49.9 Å². The van der Waals surface area contributed by atoms with Crippen molar-refractivity contribution in [1.29, 1.82) is 0 Å². The van der Waals surface area contributed by atoms with Crippen molar-refractivity contribution >= 4 is 24.2 Å². The van der Waals surface area contributed by atoms with Crippen LogP contribution in [0.25, 0.3) is 11.3 Å². The Kier molecular flexibility index (Phi) is 9.12. The summed E-state index contributed by atoms with van der Waals surface area (Å²) in [5.74, 6) is 0.985. The average Bonchev–Trinajstić information content (AvgIpc) is 3.25. The number of aliphatic hydroxyl groups excluding tert-OH is 3. The summed E-state index contributed by atoms with van der Waals surface area (Å²) in [6.07, 6.45) is 0.908. The predicted octanol–water partition coefficient (Wildman–Crippen LogP) is 4.14. The summed E-state index contributed by atoms with van der Waals surface area (Å²) < 4.78 is 5.51. The molecule has 5 N–H and O–H groups in total. The van der Waals surface area contributed by atoms with Crippen molar-refractivity contribution in [2.24, 2.45) is 5.73 Å². The minimum atomic E-state index is -1.20.